The van der Waals surface area contributed by atoms with Crippen LogP contribution in [0.1, 0.15) is 26.5 Å². The number of aromatic nitrogens is 1. The van der Waals surface area contributed by atoms with Crippen molar-refractivity contribution in [2.75, 3.05) is 48.8 Å². The smallest absolute Gasteiger partial charge is 0.335 e. The van der Waals surface area contributed by atoms with Crippen LogP contribution in [0.3, 0.4) is 0 Å². The molecule has 45 heavy (non-hydrogen) atoms. The molecular formula is C34H31N5O6. The van der Waals surface area contributed by atoms with Gasteiger partial charge >= 0.3 is 12.0 Å². The zero-order valence-corrected chi connectivity index (χ0v) is 24.7. The number of carbonyl (C=O) groups is 3. The van der Waals surface area contributed by atoms with Crippen LogP contribution in [-0.2, 0) is 0 Å². The second kappa shape index (κ2) is 12.4. The Morgan fingerprint density at radius 1 is 0.889 bits per heavy atom. The molecule has 0 unspecified atom stereocenters. The molecule has 0 radical (unpaired) electrons. The number of furan rings is 1. The van der Waals surface area contributed by atoms with Crippen molar-refractivity contribution in [3.63, 3.8) is 0 Å². The summed E-state index contributed by atoms with van der Waals surface area (Å²) in [5.41, 5.74) is 4.33. The minimum atomic E-state index is -1.05. The molecule has 6 rings (SSSR count). The maximum atomic E-state index is 13.2. The van der Waals surface area contributed by atoms with Crippen molar-refractivity contribution in [1.82, 2.24) is 9.88 Å². The molecule has 11 nitrogen and oxygen atoms in total. The number of aryl methyl sites for hydroxylation is 1. The van der Waals surface area contributed by atoms with Crippen LogP contribution in [0.5, 0.6) is 5.75 Å². The lowest BCUT2D eigenvalue weighted by Crippen LogP contribution is -2.50. The van der Waals surface area contributed by atoms with Crippen LogP contribution in [0.2, 0.25) is 0 Å². The Morgan fingerprint density at radius 3 is 2.42 bits per heavy atom. The number of carboxylic acids is 1. The normalized spacial score (nSPS) is 13.0. The monoisotopic (exact) mass is 605 g/mol. The van der Waals surface area contributed by atoms with E-state index >= 15 is 0 Å². The molecule has 228 valence electrons. The second-order valence-electron chi connectivity index (χ2n) is 10.6. The minimum absolute atomic E-state index is 0.106. The summed E-state index contributed by atoms with van der Waals surface area (Å²) in [6, 6.07) is 23.0. The number of ether oxygens (including phenoxy) is 1. The molecule has 1 saturated heterocycles. The summed E-state index contributed by atoms with van der Waals surface area (Å²) in [7, 11) is 1.64. The quantitative estimate of drug-likeness (QED) is 0.202. The molecule has 2 aromatic heterocycles. The van der Waals surface area contributed by atoms with Crippen LogP contribution in [0, 0.1) is 6.92 Å². The number of hydrogen-bond acceptors (Lipinski definition) is 7. The third-order valence-electron chi connectivity index (χ3n) is 7.82. The van der Waals surface area contributed by atoms with Gasteiger partial charge < -0.3 is 34.7 Å². The first-order valence-corrected chi connectivity index (χ1v) is 14.4. The first kappa shape index (κ1) is 29.2. The number of nitrogens with zero attached hydrogens (tertiary/aromatic N) is 3. The number of hydrogen-bond donors (Lipinski definition) is 3. The molecule has 3 N–H and O–H groups in total. The molecule has 0 atom stereocenters. The van der Waals surface area contributed by atoms with E-state index in [2.05, 4.69) is 20.5 Å². The van der Waals surface area contributed by atoms with Crippen molar-refractivity contribution < 1.29 is 28.6 Å². The number of nitrogens with one attached hydrogen (secondary N) is 2. The van der Waals surface area contributed by atoms with Gasteiger partial charge in [-0.1, -0.05) is 30.3 Å². The number of piperazine rings is 1. The fourth-order valence-corrected chi connectivity index (χ4v) is 5.39. The Kier molecular flexibility index (Phi) is 8.06. The number of carboxylic acid groups (broad SMARTS) is 1. The number of fused-ring (bicyclic) bond motifs is 1. The topological polar surface area (TPSA) is 137 Å². The summed E-state index contributed by atoms with van der Waals surface area (Å²) >= 11 is 0. The summed E-state index contributed by atoms with van der Waals surface area (Å²) in [6.45, 7) is 3.93. The molecule has 0 saturated carbocycles. The number of carbonyl (C=O) groups excluding carboxylic acids is 2. The Hall–Kier alpha value is -5.84. The van der Waals surface area contributed by atoms with Gasteiger partial charge in [-0.2, -0.15) is 0 Å². The molecule has 3 heterocycles. The molecule has 1 aliphatic rings. The Morgan fingerprint density at radius 2 is 1.69 bits per heavy atom. The van der Waals surface area contributed by atoms with Gasteiger partial charge in [-0.15, -0.1) is 0 Å². The maximum Gasteiger partial charge on any atom is 0.335 e. The third-order valence-corrected chi connectivity index (χ3v) is 7.82. The number of benzene rings is 3. The lowest BCUT2D eigenvalue weighted by atomic mass is 10.0. The van der Waals surface area contributed by atoms with Crippen LogP contribution in [0.25, 0.3) is 22.1 Å². The van der Waals surface area contributed by atoms with E-state index in [4.69, 9.17) is 9.15 Å². The summed E-state index contributed by atoms with van der Waals surface area (Å²) in [4.78, 5) is 45.4. The largest absolute Gasteiger partial charge is 0.496 e. The summed E-state index contributed by atoms with van der Waals surface area (Å²) < 4.78 is 11.5. The summed E-state index contributed by atoms with van der Waals surface area (Å²) in [5.74, 6) is 0.300. The van der Waals surface area contributed by atoms with E-state index in [1.165, 1.54) is 12.1 Å². The number of amides is 3. The molecule has 11 heteroatoms. The highest BCUT2D eigenvalue weighted by Gasteiger charge is 2.23. The Labute approximate surface area is 259 Å². The van der Waals surface area contributed by atoms with E-state index < -0.39 is 5.97 Å². The molecule has 0 bridgehead atoms. The first-order valence-electron chi connectivity index (χ1n) is 14.4. The molecule has 0 aliphatic carbocycles. The third kappa shape index (κ3) is 6.14. The van der Waals surface area contributed by atoms with Gasteiger partial charge in [-0.25, -0.2) is 14.6 Å². The van der Waals surface area contributed by atoms with E-state index in [1.807, 2.05) is 55.5 Å². The SMILES string of the molecule is COc1ccccc1-c1ccc2oc(C(=O)Nc3ccc(N4CCN(C(=O)Nc5cccc(C(=O)O)c5)CC4)nc3)c(C)c2c1. The van der Waals surface area contributed by atoms with Crippen molar-refractivity contribution in [2.45, 2.75) is 6.92 Å². The maximum absolute atomic E-state index is 13.2. The number of rotatable bonds is 7. The predicted molar refractivity (Wildman–Crippen MR) is 171 cm³/mol. The van der Waals surface area contributed by atoms with Gasteiger partial charge in [0, 0.05) is 48.4 Å². The lowest BCUT2D eigenvalue weighted by molar-refractivity contribution is 0.0696. The second-order valence-corrected chi connectivity index (χ2v) is 10.6. The lowest BCUT2D eigenvalue weighted by Gasteiger charge is -2.35. The van der Waals surface area contributed by atoms with Crippen molar-refractivity contribution in [3.8, 4) is 16.9 Å². The fourth-order valence-electron chi connectivity index (χ4n) is 5.39. The molecule has 1 aliphatic heterocycles. The highest BCUT2D eigenvalue weighted by Crippen LogP contribution is 2.34. The number of para-hydroxylation sites is 1. The van der Waals surface area contributed by atoms with Crippen LogP contribution >= 0.6 is 0 Å². The molecule has 5 aromatic rings. The van der Waals surface area contributed by atoms with Gasteiger partial charge in [0.25, 0.3) is 5.91 Å². The molecule has 1 fully saturated rings. The van der Waals surface area contributed by atoms with E-state index in [-0.39, 0.29) is 23.3 Å². The number of methoxy groups -OCH3 is 1. The average molecular weight is 606 g/mol. The van der Waals surface area contributed by atoms with Crippen LogP contribution in [0.15, 0.2) is 89.5 Å². The number of aromatic carboxylic acids is 1. The summed E-state index contributed by atoms with van der Waals surface area (Å²) in [6.07, 6.45) is 1.60. The van der Waals surface area contributed by atoms with Gasteiger partial charge in [0.2, 0.25) is 0 Å². The average Bonchev–Trinajstić information content (AvgIpc) is 3.40. The molecule has 0 spiro atoms. The van der Waals surface area contributed by atoms with E-state index in [0.29, 0.717) is 43.1 Å². The predicted octanol–water partition coefficient (Wildman–Crippen LogP) is 6.12. The van der Waals surface area contributed by atoms with Crippen LogP contribution < -0.4 is 20.3 Å². The molecular weight excluding hydrogens is 574 g/mol. The summed E-state index contributed by atoms with van der Waals surface area (Å²) in [5, 5.41) is 15.7. The zero-order valence-electron chi connectivity index (χ0n) is 24.7. The van der Waals surface area contributed by atoms with Gasteiger partial charge in [-0.05, 0) is 61.0 Å². The molecule has 3 amide bonds. The van der Waals surface area contributed by atoms with Gasteiger partial charge in [0.1, 0.15) is 17.2 Å². The van der Waals surface area contributed by atoms with Gasteiger partial charge in [0.05, 0.1) is 24.6 Å². The van der Waals surface area contributed by atoms with E-state index in [9.17, 15) is 19.5 Å². The van der Waals surface area contributed by atoms with E-state index in [1.54, 1.807) is 36.4 Å². The highest BCUT2D eigenvalue weighted by atomic mass is 16.5. The van der Waals surface area contributed by atoms with Crippen LogP contribution in [-0.4, -0.2) is 66.2 Å². The van der Waals surface area contributed by atoms with Crippen LogP contribution in [0.4, 0.5) is 22.0 Å². The van der Waals surface area contributed by atoms with Gasteiger partial charge in [0.15, 0.2) is 5.76 Å². The van der Waals surface area contributed by atoms with Crippen molar-refractivity contribution in [1.29, 1.82) is 0 Å². The number of pyridine rings is 1. The zero-order chi connectivity index (χ0) is 31.5. The number of urea groups is 1. The minimum Gasteiger partial charge on any atom is -0.496 e. The van der Waals surface area contributed by atoms with Crippen molar-refractivity contribution in [2.24, 2.45) is 0 Å². The highest BCUT2D eigenvalue weighted by molar-refractivity contribution is 6.06. The number of anilines is 3. The standard InChI is InChI=1S/C34H31N5O6/c1-21-27-19-22(26-8-3-4-9-28(26)44-2)10-12-29(27)45-31(21)32(40)36-25-11-13-30(35-20-25)38-14-16-39(17-15-38)34(43)37-24-7-5-6-23(18-24)33(41)42/h3-13,18-20H,14-17H2,1-2H3,(H,36,40)(H,37,43)(H,41,42). The fraction of sp³-hybridized carbons (Fsp3) is 0.176. The van der Waals surface area contributed by atoms with Gasteiger partial charge in [-0.3, -0.25) is 4.79 Å². The molecule has 3 aromatic carbocycles. The Balaban J connectivity index is 1.07. The first-order chi connectivity index (χ1) is 21.8. The van der Waals surface area contributed by atoms with Crippen molar-refractivity contribution in [3.05, 3.63) is 102 Å². The van der Waals surface area contributed by atoms with Crippen molar-refractivity contribution >= 4 is 46.1 Å². The van der Waals surface area contributed by atoms with E-state index in [0.717, 1.165) is 33.6 Å². The Bertz CT molecular complexity index is 1890.